The van der Waals surface area contributed by atoms with Crippen LogP contribution >= 0.6 is 0 Å². The molecule has 0 bridgehead atoms. The summed E-state index contributed by atoms with van der Waals surface area (Å²) in [6.45, 7) is 3.90. The van der Waals surface area contributed by atoms with E-state index in [4.69, 9.17) is 0 Å². The molecule has 0 fully saturated rings. The van der Waals surface area contributed by atoms with Crippen LogP contribution in [0.3, 0.4) is 0 Å². The average molecular weight is 309 g/mol. The van der Waals surface area contributed by atoms with Crippen molar-refractivity contribution in [3.8, 4) is 0 Å². The fraction of sp³-hybridized carbons (Fsp3) is 0.278. The lowest BCUT2D eigenvalue weighted by Gasteiger charge is -2.35. The van der Waals surface area contributed by atoms with Gasteiger partial charge >= 0.3 is 0 Å². The fourth-order valence-electron chi connectivity index (χ4n) is 2.90. The molecule has 1 aliphatic rings. The van der Waals surface area contributed by atoms with Gasteiger partial charge in [0.25, 0.3) is 0 Å². The number of fused-ring (bicyclic) bond motifs is 1. The summed E-state index contributed by atoms with van der Waals surface area (Å²) in [4.78, 5) is 30.4. The van der Waals surface area contributed by atoms with Crippen molar-refractivity contribution in [2.75, 3.05) is 5.32 Å². The molecule has 2 amide bonds. The quantitative estimate of drug-likeness (QED) is 0.926. The number of pyridine rings is 1. The molecule has 0 saturated heterocycles. The average Bonchev–Trinajstić information content (AvgIpc) is 2.53. The minimum atomic E-state index is -0.510. The number of carbonyl (C=O) groups excluding carboxylic acids is 2. The minimum absolute atomic E-state index is 0.100. The molecule has 5 nitrogen and oxygen atoms in total. The molecule has 0 unspecified atom stereocenters. The van der Waals surface area contributed by atoms with Crippen molar-refractivity contribution in [1.82, 2.24) is 9.88 Å². The molecule has 23 heavy (non-hydrogen) atoms. The van der Waals surface area contributed by atoms with Crippen molar-refractivity contribution in [2.24, 2.45) is 0 Å². The lowest BCUT2D eigenvalue weighted by Crippen LogP contribution is -2.50. The minimum Gasteiger partial charge on any atom is -0.326 e. The third-order valence-corrected chi connectivity index (χ3v) is 4.12. The number of carbonyl (C=O) groups is 2. The van der Waals surface area contributed by atoms with Crippen molar-refractivity contribution in [3.05, 3.63) is 59.3 Å². The van der Waals surface area contributed by atoms with Crippen LogP contribution in [0, 0.1) is 6.92 Å². The zero-order valence-electron chi connectivity index (χ0n) is 13.2. The molecule has 5 heteroatoms. The third-order valence-electron chi connectivity index (χ3n) is 4.12. The number of rotatable bonds is 2. The number of nitrogens with zero attached hydrogens (tertiary/aromatic N) is 2. The first-order chi connectivity index (χ1) is 11.0. The Bertz CT molecular complexity index is 757. The number of aryl methyl sites for hydroxylation is 1. The van der Waals surface area contributed by atoms with Crippen LogP contribution in [0.5, 0.6) is 0 Å². The smallest absolute Gasteiger partial charge is 0.248 e. The summed E-state index contributed by atoms with van der Waals surface area (Å²) in [5.74, 6) is 0.210. The highest BCUT2D eigenvalue weighted by Crippen LogP contribution is 2.24. The van der Waals surface area contributed by atoms with E-state index in [-0.39, 0.29) is 11.8 Å². The van der Waals surface area contributed by atoms with Crippen LogP contribution in [0.4, 0.5) is 5.82 Å². The second kappa shape index (κ2) is 6.20. The maximum Gasteiger partial charge on any atom is 0.248 e. The molecule has 1 atom stereocenters. The zero-order valence-corrected chi connectivity index (χ0v) is 13.2. The van der Waals surface area contributed by atoms with E-state index < -0.39 is 6.04 Å². The predicted octanol–water partition coefficient (Wildman–Crippen LogP) is 2.30. The van der Waals surface area contributed by atoms with E-state index in [0.717, 1.165) is 16.7 Å². The Labute approximate surface area is 135 Å². The molecule has 1 aromatic carbocycles. The third kappa shape index (κ3) is 3.23. The van der Waals surface area contributed by atoms with Gasteiger partial charge < -0.3 is 10.2 Å². The lowest BCUT2D eigenvalue weighted by atomic mass is 9.93. The van der Waals surface area contributed by atoms with E-state index in [9.17, 15) is 9.59 Å². The monoisotopic (exact) mass is 309 g/mol. The molecule has 118 valence electrons. The first-order valence-electron chi connectivity index (χ1n) is 7.62. The largest absolute Gasteiger partial charge is 0.326 e. The number of amides is 2. The Morgan fingerprint density at radius 3 is 2.65 bits per heavy atom. The molecular formula is C18H19N3O2. The molecular weight excluding hydrogens is 290 g/mol. The number of nitrogens with one attached hydrogen (secondary N) is 1. The predicted molar refractivity (Wildman–Crippen MR) is 87.8 cm³/mol. The van der Waals surface area contributed by atoms with Gasteiger partial charge in [0, 0.05) is 26.1 Å². The highest BCUT2D eigenvalue weighted by molar-refractivity contribution is 5.96. The van der Waals surface area contributed by atoms with Gasteiger partial charge in [-0.05, 0) is 35.7 Å². The van der Waals surface area contributed by atoms with Crippen molar-refractivity contribution in [2.45, 2.75) is 32.9 Å². The Balaban J connectivity index is 1.84. The van der Waals surface area contributed by atoms with Crippen LogP contribution < -0.4 is 5.32 Å². The van der Waals surface area contributed by atoms with E-state index in [1.54, 1.807) is 11.1 Å². The number of hydrogen-bond acceptors (Lipinski definition) is 3. The molecule has 1 aliphatic heterocycles. The number of anilines is 1. The molecule has 1 aromatic heterocycles. The van der Waals surface area contributed by atoms with Crippen LogP contribution in [-0.2, 0) is 22.6 Å². The highest BCUT2D eigenvalue weighted by Gasteiger charge is 2.33. The molecule has 3 rings (SSSR count). The van der Waals surface area contributed by atoms with Crippen molar-refractivity contribution in [1.29, 1.82) is 0 Å². The Morgan fingerprint density at radius 1 is 1.22 bits per heavy atom. The van der Waals surface area contributed by atoms with E-state index in [2.05, 4.69) is 10.3 Å². The van der Waals surface area contributed by atoms with Gasteiger partial charge in [0.15, 0.2) is 0 Å². The number of aromatic nitrogens is 1. The summed E-state index contributed by atoms with van der Waals surface area (Å²) >= 11 is 0. The van der Waals surface area contributed by atoms with Crippen LogP contribution in [0.2, 0.25) is 0 Å². The van der Waals surface area contributed by atoms with Gasteiger partial charge in [-0.25, -0.2) is 4.98 Å². The molecule has 0 spiro atoms. The molecule has 2 heterocycles. The Hall–Kier alpha value is -2.69. The molecule has 2 aromatic rings. The van der Waals surface area contributed by atoms with E-state index in [0.29, 0.717) is 18.8 Å². The Kier molecular flexibility index (Phi) is 4.10. The van der Waals surface area contributed by atoms with Crippen LogP contribution in [0.25, 0.3) is 0 Å². The maximum atomic E-state index is 12.7. The van der Waals surface area contributed by atoms with Crippen LogP contribution in [0.1, 0.15) is 23.6 Å². The normalized spacial score (nSPS) is 16.6. The molecule has 0 radical (unpaired) electrons. The SMILES string of the molecule is CC(=O)N1Cc2ccccc2C[C@H]1C(=O)Nc1cc(C)ccn1. The summed E-state index contributed by atoms with van der Waals surface area (Å²) in [7, 11) is 0. The van der Waals surface area contributed by atoms with Crippen molar-refractivity contribution >= 4 is 17.6 Å². The van der Waals surface area contributed by atoms with Gasteiger partial charge in [0.1, 0.15) is 11.9 Å². The summed E-state index contributed by atoms with van der Waals surface area (Å²) < 4.78 is 0. The lowest BCUT2D eigenvalue weighted by molar-refractivity contribution is -0.138. The second-order valence-corrected chi connectivity index (χ2v) is 5.84. The van der Waals surface area contributed by atoms with Crippen molar-refractivity contribution < 1.29 is 9.59 Å². The zero-order chi connectivity index (χ0) is 16.4. The van der Waals surface area contributed by atoms with Gasteiger partial charge in [-0.15, -0.1) is 0 Å². The van der Waals surface area contributed by atoms with Crippen molar-refractivity contribution in [3.63, 3.8) is 0 Å². The second-order valence-electron chi connectivity index (χ2n) is 5.84. The van der Waals surface area contributed by atoms with E-state index >= 15 is 0 Å². The summed E-state index contributed by atoms with van der Waals surface area (Å²) in [6.07, 6.45) is 2.18. The summed E-state index contributed by atoms with van der Waals surface area (Å²) in [5, 5.41) is 2.82. The molecule has 0 aliphatic carbocycles. The standard InChI is InChI=1S/C18H19N3O2/c1-12-7-8-19-17(9-12)20-18(23)16-10-14-5-3-4-6-15(14)11-21(16)13(2)22/h3-9,16H,10-11H2,1-2H3,(H,19,20,23)/t16-/m0/s1. The van der Waals surface area contributed by atoms with Gasteiger partial charge in [0.05, 0.1) is 0 Å². The molecule has 1 N–H and O–H groups in total. The van der Waals surface area contributed by atoms with Gasteiger partial charge in [-0.3, -0.25) is 9.59 Å². The first-order valence-corrected chi connectivity index (χ1v) is 7.62. The van der Waals surface area contributed by atoms with Crippen LogP contribution in [0.15, 0.2) is 42.6 Å². The Morgan fingerprint density at radius 2 is 1.96 bits per heavy atom. The highest BCUT2D eigenvalue weighted by atomic mass is 16.2. The van der Waals surface area contributed by atoms with Gasteiger partial charge in [-0.1, -0.05) is 24.3 Å². The number of benzene rings is 1. The van der Waals surface area contributed by atoms with Crippen LogP contribution in [-0.4, -0.2) is 27.7 Å². The van der Waals surface area contributed by atoms with E-state index in [1.165, 1.54) is 6.92 Å². The maximum absolute atomic E-state index is 12.7. The molecule has 0 saturated carbocycles. The summed E-state index contributed by atoms with van der Waals surface area (Å²) in [6, 6.07) is 11.1. The van der Waals surface area contributed by atoms with Gasteiger partial charge in [-0.2, -0.15) is 0 Å². The first kappa shape index (κ1) is 15.2. The van der Waals surface area contributed by atoms with Gasteiger partial charge in [0.2, 0.25) is 11.8 Å². The van der Waals surface area contributed by atoms with E-state index in [1.807, 2.05) is 43.3 Å². The number of hydrogen-bond donors (Lipinski definition) is 1. The fourth-order valence-corrected chi connectivity index (χ4v) is 2.90. The summed E-state index contributed by atoms with van der Waals surface area (Å²) in [5.41, 5.74) is 3.23. The topological polar surface area (TPSA) is 62.3 Å².